The van der Waals surface area contributed by atoms with E-state index in [-0.39, 0.29) is 23.2 Å². The van der Waals surface area contributed by atoms with Crippen molar-refractivity contribution in [3.05, 3.63) is 105 Å². The number of ether oxygens (including phenoxy) is 1. The summed E-state index contributed by atoms with van der Waals surface area (Å²) in [4.78, 5) is 58.6. The van der Waals surface area contributed by atoms with E-state index < -0.39 is 23.0 Å². The summed E-state index contributed by atoms with van der Waals surface area (Å²) in [5.74, 6) is 0.368. The number of likely N-dealkylation sites (tertiary alicyclic amines) is 1. The molecule has 5 rings (SSSR count). The number of nitrogens with zero attached hydrogens (tertiary/aromatic N) is 4. The van der Waals surface area contributed by atoms with Crippen LogP contribution in [0.15, 0.2) is 82.6 Å². The van der Waals surface area contributed by atoms with Crippen molar-refractivity contribution in [1.82, 2.24) is 19.0 Å². The first kappa shape index (κ1) is 31.3. The molecule has 1 fully saturated rings. The summed E-state index contributed by atoms with van der Waals surface area (Å²) in [5.41, 5.74) is -1.19. The molecule has 0 atom stereocenters. The molecular weight excluding hydrogens is 579 g/mol. The SMILES string of the molecule is CC(C)n1cc(C(=O)Nc2ccc(Oc3ccnc(NC(=O)CC4CCN(C)CC4)c3)cc2)c(=O)n(-c2ccc(F)cc2)c1=O. The van der Waals surface area contributed by atoms with Gasteiger partial charge >= 0.3 is 5.69 Å². The Hall–Kier alpha value is -5.10. The molecule has 1 aliphatic heterocycles. The Morgan fingerprint density at radius 2 is 1.67 bits per heavy atom. The number of nitrogens with one attached hydrogen (secondary N) is 2. The van der Waals surface area contributed by atoms with Crippen molar-refractivity contribution in [3.8, 4) is 17.2 Å². The molecule has 0 aliphatic carbocycles. The quantitative estimate of drug-likeness (QED) is 0.277. The lowest BCUT2D eigenvalue weighted by Gasteiger charge is -2.28. The van der Waals surface area contributed by atoms with E-state index in [9.17, 15) is 23.6 Å². The molecule has 11 nitrogen and oxygen atoms in total. The van der Waals surface area contributed by atoms with Crippen molar-refractivity contribution < 1.29 is 18.7 Å². The smallest absolute Gasteiger partial charge is 0.335 e. The number of hydrogen-bond acceptors (Lipinski definition) is 7. The Labute approximate surface area is 259 Å². The second kappa shape index (κ2) is 13.7. The van der Waals surface area contributed by atoms with Crippen LogP contribution in [-0.2, 0) is 4.79 Å². The number of carbonyl (C=O) groups excluding carboxylic acids is 2. The molecular formula is C33H35FN6O5. The number of aromatic nitrogens is 3. The molecule has 234 valence electrons. The number of hydrogen-bond donors (Lipinski definition) is 2. The zero-order valence-corrected chi connectivity index (χ0v) is 25.3. The van der Waals surface area contributed by atoms with E-state index >= 15 is 0 Å². The fourth-order valence-corrected chi connectivity index (χ4v) is 5.12. The van der Waals surface area contributed by atoms with Crippen molar-refractivity contribution >= 4 is 23.3 Å². The lowest BCUT2D eigenvalue weighted by Crippen LogP contribution is -2.42. The number of pyridine rings is 1. The fraction of sp³-hybridized carbons (Fsp3) is 0.303. The van der Waals surface area contributed by atoms with Crippen LogP contribution in [-0.4, -0.2) is 51.0 Å². The molecule has 0 radical (unpaired) electrons. The highest BCUT2D eigenvalue weighted by Crippen LogP contribution is 2.25. The van der Waals surface area contributed by atoms with Gasteiger partial charge in [0.1, 0.15) is 28.7 Å². The van der Waals surface area contributed by atoms with Crippen LogP contribution < -0.4 is 26.6 Å². The van der Waals surface area contributed by atoms with Gasteiger partial charge < -0.3 is 20.3 Å². The van der Waals surface area contributed by atoms with Crippen LogP contribution in [0, 0.1) is 11.7 Å². The van der Waals surface area contributed by atoms with Crippen molar-refractivity contribution in [1.29, 1.82) is 0 Å². The molecule has 2 aromatic heterocycles. The van der Waals surface area contributed by atoms with E-state index in [2.05, 4.69) is 27.6 Å². The number of anilines is 2. The Morgan fingerprint density at radius 1 is 0.978 bits per heavy atom. The third-order valence-corrected chi connectivity index (χ3v) is 7.66. The van der Waals surface area contributed by atoms with Crippen LogP contribution in [0.1, 0.15) is 49.5 Å². The molecule has 0 bridgehead atoms. The van der Waals surface area contributed by atoms with E-state index in [4.69, 9.17) is 4.74 Å². The minimum absolute atomic E-state index is 0.0810. The molecule has 45 heavy (non-hydrogen) atoms. The number of rotatable bonds is 9. The molecule has 0 saturated carbocycles. The van der Waals surface area contributed by atoms with Crippen molar-refractivity contribution in [3.63, 3.8) is 0 Å². The van der Waals surface area contributed by atoms with Crippen LogP contribution in [0.25, 0.3) is 5.69 Å². The Balaban J connectivity index is 1.26. The van der Waals surface area contributed by atoms with Crippen molar-refractivity contribution in [2.45, 2.75) is 39.2 Å². The lowest BCUT2D eigenvalue weighted by molar-refractivity contribution is -0.117. The monoisotopic (exact) mass is 614 g/mol. The molecule has 2 N–H and O–H groups in total. The fourth-order valence-electron chi connectivity index (χ4n) is 5.12. The highest BCUT2D eigenvalue weighted by Gasteiger charge is 2.21. The molecule has 1 saturated heterocycles. The van der Waals surface area contributed by atoms with Crippen LogP contribution in [0.4, 0.5) is 15.9 Å². The highest BCUT2D eigenvalue weighted by molar-refractivity contribution is 6.03. The summed E-state index contributed by atoms with van der Waals surface area (Å²) in [5, 5.41) is 5.54. The van der Waals surface area contributed by atoms with Gasteiger partial charge in [0.2, 0.25) is 5.91 Å². The summed E-state index contributed by atoms with van der Waals surface area (Å²) in [7, 11) is 2.09. The third-order valence-electron chi connectivity index (χ3n) is 7.66. The maximum atomic E-state index is 13.5. The van der Waals surface area contributed by atoms with E-state index in [1.54, 1.807) is 56.4 Å². The minimum Gasteiger partial charge on any atom is -0.457 e. The predicted molar refractivity (Wildman–Crippen MR) is 169 cm³/mol. The van der Waals surface area contributed by atoms with Gasteiger partial charge in [0.05, 0.1) is 5.69 Å². The van der Waals surface area contributed by atoms with Crippen LogP contribution >= 0.6 is 0 Å². The molecule has 0 spiro atoms. The van der Waals surface area contributed by atoms with Crippen molar-refractivity contribution in [2.75, 3.05) is 30.8 Å². The number of piperidine rings is 1. The summed E-state index contributed by atoms with van der Waals surface area (Å²) >= 11 is 0. The Bertz CT molecular complexity index is 1790. The van der Waals surface area contributed by atoms with Crippen molar-refractivity contribution in [2.24, 2.45) is 5.92 Å². The van der Waals surface area contributed by atoms with Gasteiger partial charge in [-0.1, -0.05) is 0 Å². The summed E-state index contributed by atoms with van der Waals surface area (Å²) in [6.45, 7) is 5.48. The number of benzene rings is 2. The topological polar surface area (TPSA) is 128 Å². The number of amides is 2. The van der Waals surface area contributed by atoms with E-state index in [1.807, 2.05) is 0 Å². The first-order chi connectivity index (χ1) is 21.6. The Kier molecular flexibility index (Phi) is 9.53. The highest BCUT2D eigenvalue weighted by atomic mass is 19.1. The van der Waals surface area contributed by atoms with Gasteiger partial charge in [0, 0.05) is 36.6 Å². The first-order valence-corrected chi connectivity index (χ1v) is 14.7. The van der Waals surface area contributed by atoms with Crippen LogP contribution in [0.3, 0.4) is 0 Å². The molecule has 1 aliphatic rings. The number of carbonyl (C=O) groups is 2. The normalized spacial score (nSPS) is 13.9. The Morgan fingerprint density at radius 3 is 2.33 bits per heavy atom. The standard InChI is InChI=1S/C33H35FN6O5/c1-21(2)39-20-28(32(43)40(33(39)44)25-8-4-23(34)5-9-25)31(42)36-24-6-10-26(11-7-24)45-27-12-15-35-29(19-27)37-30(41)18-22-13-16-38(3)17-14-22/h4-12,15,19-22H,13-14,16-18H2,1-3H3,(H,36,42)(H,35,37,41). The summed E-state index contributed by atoms with van der Waals surface area (Å²) in [6.07, 6.45) is 5.22. The van der Waals surface area contributed by atoms with Gasteiger partial charge in [-0.15, -0.1) is 0 Å². The summed E-state index contributed by atoms with van der Waals surface area (Å²) < 4.78 is 21.5. The zero-order valence-electron chi connectivity index (χ0n) is 25.3. The molecule has 0 unspecified atom stereocenters. The average Bonchev–Trinajstić information content (AvgIpc) is 3.00. The first-order valence-electron chi connectivity index (χ1n) is 14.7. The van der Waals surface area contributed by atoms with Gasteiger partial charge in [0.25, 0.3) is 11.5 Å². The number of halogens is 1. The van der Waals surface area contributed by atoms with Gasteiger partial charge in [-0.2, -0.15) is 0 Å². The molecule has 3 heterocycles. The maximum Gasteiger partial charge on any atom is 0.335 e. The largest absolute Gasteiger partial charge is 0.457 e. The van der Waals surface area contributed by atoms with Crippen LogP contribution in [0.2, 0.25) is 0 Å². The van der Waals surface area contributed by atoms with Gasteiger partial charge in [-0.3, -0.25) is 19.0 Å². The summed E-state index contributed by atoms with van der Waals surface area (Å²) in [6, 6.07) is 14.3. The molecule has 2 aromatic carbocycles. The second-order valence-corrected chi connectivity index (χ2v) is 11.4. The van der Waals surface area contributed by atoms with Crippen LogP contribution in [0.5, 0.6) is 11.5 Å². The maximum absolute atomic E-state index is 13.5. The molecule has 2 amide bonds. The van der Waals surface area contributed by atoms with E-state index in [0.29, 0.717) is 35.3 Å². The lowest BCUT2D eigenvalue weighted by atomic mass is 9.93. The van der Waals surface area contributed by atoms with Gasteiger partial charge in [-0.25, -0.2) is 18.7 Å². The average molecular weight is 615 g/mol. The minimum atomic E-state index is -0.826. The zero-order chi connectivity index (χ0) is 32.1. The van der Waals surface area contributed by atoms with E-state index in [0.717, 1.165) is 42.6 Å². The molecule has 4 aromatic rings. The van der Waals surface area contributed by atoms with Gasteiger partial charge in [0.15, 0.2) is 0 Å². The predicted octanol–water partition coefficient (Wildman–Crippen LogP) is 4.83. The van der Waals surface area contributed by atoms with E-state index in [1.165, 1.54) is 22.9 Å². The third kappa shape index (κ3) is 7.71. The van der Waals surface area contributed by atoms with Gasteiger partial charge in [-0.05, 0) is 107 Å². The molecule has 12 heteroatoms. The second-order valence-electron chi connectivity index (χ2n) is 11.4.